The monoisotopic (exact) mass is 416 g/mol. The molecule has 2 aromatic heterocycles. The molecule has 128 valence electrons. The molecule has 4 nitrogen and oxygen atoms in total. The van der Waals surface area contributed by atoms with Gasteiger partial charge < -0.3 is 4.74 Å². The predicted molar refractivity (Wildman–Crippen MR) is 107 cm³/mol. The summed E-state index contributed by atoms with van der Waals surface area (Å²) in [6.07, 6.45) is 2.93. The number of fused-ring (bicyclic) bond motifs is 2. The second-order valence-corrected chi connectivity index (χ2v) is 8.23. The van der Waals surface area contributed by atoms with Gasteiger partial charge in [0.2, 0.25) is 0 Å². The van der Waals surface area contributed by atoms with E-state index in [0.29, 0.717) is 6.54 Å². The van der Waals surface area contributed by atoms with Crippen LogP contribution in [0.15, 0.2) is 27.5 Å². The molecule has 25 heavy (non-hydrogen) atoms. The third kappa shape index (κ3) is 2.64. The van der Waals surface area contributed by atoms with E-state index < -0.39 is 0 Å². The summed E-state index contributed by atoms with van der Waals surface area (Å²) in [4.78, 5) is 19.7. The average Bonchev–Trinajstić information content (AvgIpc) is 3.10. The Hall–Kier alpha value is -1.92. The molecule has 6 heteroatoms. The van der Waals surface area contributed by atoms with Gasteiger partial charge in [0.05, 0.1) is 17.0 Å². The largest absolute Gasteiger partial charge is 0.496 e. The summed E-state index contributed by atoms with van der Waals surface area (Å²) in [6, 6.07) is 5.96. The first-order valence-corrected chi connectivity index (χ1v) is 9.65. The van der Waals surface area contributed by atoms with Gasteiger partial charge in [0.15, 0.2) is 0 Å². The van der Waals surface area contributed by atoms with Crippen molar-refractivity contribution in [3.8, 4) is 5.75 Å². The quantitative estimate of drug-likeness (QED) is 0.602. The molecule has 3 heterocycles. The predicted octanol–water partition coefficient (Wildman–Crippen LogP) is 4.79. The molecule has 0 bridgehead atoms. The van der Waals surface area contributed by atoms with Crippen molar-refractivity contribution < 1.29 is 4.74 Å². The van der Waals surface area contributed by atoms with Crippen molar-refractivity contribution in [1.29, 1.82) is 0 Å². The number of aryl methyl sites for hydroxylation is 2. The molecule has 0 N–H and O–H groups in total. The summed E-state index contributed by atoms with van der Waals surface area (Å²) in [6.45, 7) is 4.74. The van der Waals surface area contributed by atoms with Crippen LogP contribution in [-0.2, 0) is 6.54 Å². The molecule has 1 aliphatic rings. The van der Waals surface area contributed by atoms with E-state index in [-0.39, 0.29) is 5.56 Å². The molecule has 0 amide bonds. The van der Waals surface area contributed by atoms with E-state index in [9.17, 15) is 4.79 Å². The number of ether oxygens (including phenoxy) is 1. The van der Waals surface area contributed by atoms with Crippen LogP contribution in [0.2, 0.25) is 0 Å². The van der Waals surface area contributed by atoms with Gasteiger partial charge in [-0.05, 0) is 71.1 Å². The molecule has 0 saturated carbocycles. The van der Waals surface area contributed by atoms with Crippen LogP contribution in [0.3, 0.4) is 0 Å². The van der Waals surface area contributed by atoms with Crippen molar-refractivity contribution in [3.05, 3.63) is 54.9 Å². The third-order valence-corrected chi connectivity index (χ3v) is 6.42. The van der Waals surface area contributed by atoms with Crippen molar-refractivity contribution in [2.45, 2.75) is 26.8 Å². The Morgan fingerprint density at radius 2 is 2.16 bits per heavy atom. The van der Waals surface area contributed by atoms with Crippen molar-refractivity contribution in [1.82, 2.24) is 9.55 Å². The topological polar surface area (TPSA) is 44.1 Å². The summed E-state index contributed by atoms with van der Waals surface area (Å²) in [5.74, 6) is 1.60. The fourth-order valence-corrected chi connectivity index (χ4v) is 4.81. The molecule has 0 atom stereocenters. The highest BCUT2D eigenvalue weighted by Crippen LogP contribution is 2.33. The Morgan fingerprint density at radius 1 is 1.36 bits per heavy atom. The first kappa shape index (κ1) is 16.5. The lowest BCUT2D eigenvalue weighted by Gasteiger charge is -2.05. The number of hydrogen-bond donors (Lipinski definition) is 0. The van der Waals surface area contributed by atoms with Crippen LogP contribution in [0, 0.1) is 13.8 Å². The van der Waals surface area contributed by atoms with Gasteiger partial charge in [-0.2, -0.15) is 0 Å². The summed E-state index contributed by atoms with van der Waals surface area (Å²) in [5.41, 5.74) is 3.30. The van der Waals surface area contributed by atoms with Gasteiger partial charge in [-0.3, -0.25) is 9.36 Å². The van der Waals surface area contributed by atoms with Crippen LogP contribution in [0.25, 0.3) is 21.9 Å². The van der Waals surface area contributed by atoms with E-state index in [0.717, 1.165) is 54.3 Å². The van der Waals surface area contributed by atoms with E-state index >= 15 is 0 Å². The Morgan fingerprint density at radius 3 is 2.88 bits per heavy atom. The zero-order valence-electron chi connectivity index (χ0n) is 14.2. The van der Waals surface area contributed by atoms with E-state index in [2.05, 4.69) is 22.0 Å². The second kappa shape index (κ2) is 6.11. The number of thiophene rings is 1. The minimum absolute atomic E-state index is 0.0844. The molecule has 1 aliphatic heterocycles. The Labute approximate surface area is 157 Å². The number of nitrogens with zero attached hydrogens (tertiary/aromatic N) is 2. The number of aromatic nitrogens is 2. The highest BCUT2D eigenvalue weighted by atomic mass is 79.9. The Balaban J connectivity index is 1.85. The molecule has 0 saturated heterocycles. The van der Waals surface area contributed by atoms with E-state index in [1.807, 2.05) is 36.6 Å². The number of benzene rings is 1. The highest BCUT2D eigenvalue weighted by Gasteiger charge is 2.23. The van der Waals surface area contributed by atoms with E-state index in [1.165, 1.54) is 0 Å². The van der Waals surface area contributed by atoms with E-state index in [4.69, 9.17) is 9.72 Å². The van der Waals surface area contributed by atoms with Gasteiger partial charge in [-0.15, -0.1) is 11.3 Å². The summed E-state index contributed by atoms with van der Waals surface area (Å²) >= 11 is 5.12. The lowest BCUT2D eigenvalue weighted by Crippen LogP contribution is -2.20. The van der Waals surface area contributed by atoms with Crippen LogP contribution in [0.4, 0.5) is 0 Å². The van der Waals surface area contributed by atoms with Crippen LogP contribution < -0.4 is 10.3 Å². The smallest absolute Gasteiger partial charge is 0.262 e. The maximum atomic E-state index is 12.9. The molecule has 3 aromatic rings. The van der Waals surface area contributed by atoms with Gasteiger partial charge in [0.1, 0.15) is 16.4 Å². The SMILES string of the molecule is COc1ccc(/C=C2\CCn3c2nc2sc(C)c(C)c2c3=O)cc1Br. The normalized spacial score (nSPS) is 15.1. The Bertz CT molecular complexity index is 1090. The number of allylic oxidation sites excluding steroid dienone is 1. The Kier molecular flexibility index (Phi) is 4.04. The average molecular weight is 417 g/mol. The van der Waals surface area contributed by atoms with Crippen LogP contribution in [0.1, 0.15) is 28.2 Å². The molecular formula is C19H17BrN2O2S. The molecule has 0 radical (unpaired) electrons. The maximum absolute atomic E-state index is 12.9. The standard InChI is InChI=1S/C19H17BrN2O2S/c1-10-11(2)25-18-16(10)19(23)22-7-6-13(17(22)21-18)8-12-4-5-15(24-3)14(20)9-12/h4-5,8-9H,6-7H2,1-3H3/b13-8+. The minimum atomic E-state index is 0.0844. The molecule has 0 spiro atoms. The molecule has 0 unspecified atom stereocenters. The van der Waals surface area contributed by atoms with Gasteiger partial charge in [0.25, 0.3) is 5.56 Å². The van der Waals surface area contributed by atoms with Crippen molar-refractivity contribution in [2.24, 2.45) is 0 Å². The highest BCUT2D eigenvalue weighted by molar-refractivity contribution is 9.10. The van der Waals surface area contributed by atoms with Crippen molar-refractivity contribution >= 4 is 49.1 Å². The van der Waals surface area contributed by atoms with Gasteiger partial charge >= 0.3 is 0 Å². The fourth-order valence-electron chi connectivity index (χ4n) is 3.23. The number of rotatable bonds is 2. The number of halogens is 1. The molecule has 0 aliphatic carbocycles. The number of methoxy groups -OCH3 is 1. The van der Waals surface area contributed by atoms with Gasteiger partial charge in [0, 0.05) is 11.4 Å². The first-order valence-electron chi connectivity index (χ1n) is 8.04. The summed E-state index contributed by atoms with van der Waals surface area (Å²) < 4.78 is 8.00. The zero-order chi connectivity index (χ0) is 17.7. The zero-order valence-corrected chi connectivity index (χ0v) is 16.6. The molecular weight excluding hydrogens is 400 g/mol. The molecule has 1 aromatic carbocycles. The van der Waals surface area contributed by atoms with Crippen molar-refractivity contribution in [3.63, 3.8) is 0 Å². The maximum Gasteiger partial charge on any atom is 0.262 e. The van der Waals surface area contributed by atoms with Crippen molar-refractivity contribution in [2.75, 3.05) is 7.11 Å². The third-order valence-electron chi connectivity index (χ3n) is 4.70. The summed E-state index contributed by atoms with van der Waals surface area (Å²) in [7, 11) is 1.65. The van der Waals surface area contributed by atoms with Crippen LogP contribution in [0.5, 0.6) is 5.75 Å². The lowest BCUT2D eigenvalue weighted by molar-refractivity contribution is 0.412. The van der Waals surface area contributed by atoms with Gasteiger partial charge in [-0.25, -0.2) is 4.98 Å². The fraction of sp³-hybridized carbons (Fsp3) is 0.263. The first-order chi connectivity index (χ1) is 12.0. The number of hydrogen-bond acceptors (Lipinski definition) is 4. The van der Waals surface area contributed by atoms with Crippen LogP contribution >= 0.6 is 27.3 Å². The van der Waals surface area contributed by atoms with Gasteiger partial charge in [-0.1, -0.05) is 6.07 Å². The minimum Gasteiger partial charge on any atom is -0.496 e. The second-order valence-electron chi connectivity index (χ2n) is 6.17. The van der Waals surface area contributed by atoms with Crippen LogP contribution in [-0.4, -0.2) is 16.7 Å². The molecule has 0 fully saturated rings. The van der Waals surface area contributed by atoms with E-state index in [1.54, 1.807) is 18.4 Å². The molecule has 4 rings (SSSR count). The summed E-state index contributed by atoms with van der Waals surface area (Å²) in [5, 5.41) is 0.777. The lowest BCUT2D eigenvalue weighted by atomic mass is 10.1.